The zero-order valence-electron chi connectivity index (χ0n) is 22.7. The maximum Gasteiger partial charge on any atom is 0.230 e. The van der Waals surface area contributed by atoms with Gasteiger partial charge in [0.1, 0.15) is 10.0 Å². The van der Waals surface area contributed by atoms with E-state index in [0.29, 0.717) is 26.2 Å². The summed E-state index contributed by atoms with van der Waals surface area (Å²) in [6, 6.07) is 7.51. The van der Waals surface area contributed by atoms with Crippen LogP contribution in [0.25, 0.3) is 0 Å². The van der Waals surface area contributed by atoms with Crippen molar-refractivity contribution in [1.29, 1.82) is 0 Å². The molecule has 1 aliphatic rings. The van der Waals surface area contributed by atoms with Crippen molar-refractivity contribution in [3.63, 3.8) is 0 Å². The Morgan fingerprint density at radius 1 is 0.810 bits per heavy atom. The smallest absolute Gasteiger partial charge is 0.230 e. The fourth-order valence-electron chi connectivity index (χ4n) is 4.60. The average Bonchev–Trinajstić information content (AvgIpc) is 3.75. The van der Waals surface area contributed by atoms with Gasteiger partial charge in [0.15, 0.2) is 9.84 Å². The largest absolute Gasteiger partial charge is 0.300 e. The first-order valence-electron chi connectivity index (χ1n) is 13.6. The Kier molecular flexibility index (Phi) is 9.92. The molecule has 0 atom stereocenters. The number of hydrogen-bond donors (Lipinski definition) is 2. The minimum atomic E-state index is -3.41. The molecular formula is C27H30N8O4S3. The molecule has 12 nitrogen and oxygen atoms in total. The number of pyridine rings is 2. The summed E-state index contributed by atoms with van der Waals surface area (Å²) < 4.78 is 25.2. The van der Waals surface area contributed by atoms with Gasteiger partial charge in [0.05, 0.1) is 24.3 Å². The molecule has 15 heteroatoms. The normalized spacial score (nSPS) is 13.7. The van der Waals surface area contributed by atoms with Crippen LogP contribution in [0.15, 0.2) is 42.9 Å². The minimum Gasteiger partial charge on any atom is -0.300 e. The molecule has 0 radical (unpaired) electrons. The molecule has 0 unspecified atom stereocenters. The first kappa shape index (κ1) is 29.8. The van der Waals surface area contributed by atoms with Crippen molar-refractivity contribution in [3.8, 4) is 0 Å². The Morgan fingerprint density at radius 3 is 1.93 bits per heavy atom. The van der Waals surface area contributed by atoms with E-state index < -0.39 is 9.84 Å². The van der Waals surface area contributed by atoms with Gasteiger partial charge in [-0.1, -0.05) is 47.6 Å². The van der Waals surface area contributed by atoms with Gasteiger partial charge in [0.25, 0.3) is 0 Å². The lowest BCUT2D eigenvalue weighted by molar-refractivity contribution is -0.116. The molecule has 42 heavy (non-hydrogen) atoms. The molecule has 4 aromatic heterocycles. The number of carbonyl (C=O) groups excluding carboxylic acids is 2. The molecule has 1 aliphatic carbocycles. The van der Waals surface area contributed by atoms with E-state index in [1.54, 1.807) is 30.7 Å². The summed E-state index contributed by atoms with van der Waals surface area (Å²) in [5, 5.41) is 23.0. The van der Waals surface area contributed by atoms with Crippen molar-refractivity contribution >= 4 is 54.6 Å². The molecule has 4 heterocycles. The lowest BCUT2D eigenvalue weighted by atomic mass is 10.0. The van der Waals surface area contributed by atoms with Crippen LogP contribution in [0, 0.1) is 0 Å². The second-order valence-electron chi connectivity index (χ2n) is 10.0. The summed E-state index contributed by atoms with van der Waals surface area (Å²) in [5.41, 5.74) is 2.68. The van der Waals surface area contributed by atoms with Crippen LogP contribution in [-0.4, -0.2) is 62.1 Å². The number of aromatic nitrogens is 6. The number of hydrogen-bond acceptors (Lipinski definition) is 12. The second-order valence-corrected chi connectivity index (χ2v) is 14.5. The number of rotatable bonds is 13. The average molecular weight is 627 g/mol. The standard InChI is InChI=1S/C27H30N8O4S3/c36-22(14-18-4-3-11-28-16-18)30-26-34-32-24(40-26)9-12-42(38,39)13-10-25-33-35-27(41-25)31-23(37)15-19-7-8-21(29-17-19)20-5-1-2-6-20/h3-4,7-8,11,16-17,20H,1-2,5-6,9-10,12-15H2,(H,30,34,36)(H,31,35,37). The first-order chi connectivity index (χ1) is 20.3. The summed E-state index contributed by atoms with van der Waals surface area (Å²) in [6.07, 6.45) is 10.5. The van der Waals surface area contributed by atoms with Crippen LogP contribution >= 0.6 is 22.7 Å². The number of anilines is 2. The molecule has 0 aromatic carbocycles. The van der Waals surface area contributed by atoms with Crippen molar-refractivity contribution in [3.05, 3.63) is 69.7 Å². The third-order valence-corrected chi connectivity index (χ3v) is 10.2. The molecule has 2 N–H and O–H groups in total. The van der Waals surface area contributed by atoms with E-state index in [1.807, 2.05) is 12.1 Å². The third-order valence-electron chi connectivity index (χ3n) is 6.75. The highest BCUT2D eigenvalue weighted by Gasteiger charge is 2.19. The van der Waals surface area contributed by atoms with Crippen molar-refractivity contribution in [2.45, 2.75) is 57.3 Å². The first-order valence-corrected chi connectivity index (χ1v) is 17.1. The number of aryl methyl sites for hydroxylation is 2. The molecule has 1 fully saturated rings. The summed E-state index contributed by atoms with van der Waals surface area (Å²) in [7, 11) is -3.41. The lowest BCUT2D eigenvalue weighted by Crippen LogP contribution is -2.15. The predicted octanol–water partition coefficient (Wildman–Crippen LogP) is 3.40. The molecule has 4 aromatic rings. The molecule has 0 aliphatic heterocycles. The van der Waals surface area contributed by atoms with E-state index in [4.69, 9.17) is 0 Å². The zero-order valence-corrected chi connectivity index (χ0v) is 25.2. The Morgan fingerprint density at radius 2 is 1.40 bits per heavy atom. The summed E-state index contributed by atoms with van der Waals surface area (Å²) >= 11 is 2.30. The molecule has 220 valence electrons. The maximum atomic E-state index is 12.6. The van der Waals surface area contributed by atoms with Crippen LogP contribution in [-0.2, 0) is 45.1 Å². The Labute approximate surface area is 251 Å². The Balaban J connectivity index is 1.03. The molecule has 0 bridgehead atoms. The molecular weight excluding hydrogens is 597 g/mol. The number of nitrogens with zero attached hydrogens (tertiary/aromatic N) is 6. The Hall–Kier alpha value is -3.69. The predicted molar refractivity (Wildman–Crippen MR) is 160 cm³/mol. The van der Waals surface area contributed by atoms with Crippen LogP contribution in [0.1, 0.15) is 58.4 Å². The topological polar surface area (TPSA) is 170 Å². The van der Waals surface area contributed by atoms with E-state index >= 15 is 0 Å². The fraction of sp³-hybridized carbons (Fsp3) is 0.407. The van der Waals surface area contributed by atoms with E-state index in [1.165, 1.54) is 25.7 Å². The van der Waals surface area contributed by atoms with Crippen molar-refractivity contribution in [2.24, 2.45) is 0 Å². The summed E-state index contributed by atoms with van der Waals surface area (Å²) in [5.74, 6) is -0.179. The summed E-state index contributed by atoms with van der Waals surface area (Å²) in [4.78, 5) is 33.2. The van der Waals surface area contributed by atoms with Crippen molar-refractivity contribution < 1.29 is 18.0 Å². The highest BCUT2D eigenvalue weighted by molar-refractivity contribution is 7.91. The SMILES string of the molecule is O=C(Cc1cccnc1)Nc1nnc(CCS(=O)(=O)CCc2nnc(NC(=O)Cc3ccc(C4CCCC4)nc3)s2)s1. The van der Waals surface area contributed by atoms with Crippen LogP contribution in [0.4, 0.5) is 10.3 Å². The second kappa shape index (κ2) is 14.0. The highest BCUT2D eigenvalue weighted by Crippen LogP contribution is 2.32. The number of carbonyl (C=O) groups is 2. The molecule has 0 saturated heterocycles. The van der Waals surface area contributed by atoms with Crippen molar-refractivity contribution in [1.82, 2.24) is 30.4 Å². The maximum absolute atomic E-state index is 12.6. The quantitative estimate of drug-likeness (QED) is 0.224. The van der Waals surface area contributed by atoms with Gasteiger partial charge >= 0.3 is 0 Å². The number of amides is 2. The van der Waals surface area contributed by atoms with E-state index in [9.17, 15) is 18.0 Å². The van der Waals surface area contributed by atoms with Crippen LogP contribution in [0.5, 0.6) is 0 Å². The zero-order chi connectivity index (χ0) is 29.4. The monoisotopic (exact) mass is 626 g/mol. The molecule has 1 saturated carbocycles. The highest BCUT2D eigenvalue weighted by atomic mass is 32.2. The lowest BCUT2D eigenvalue weighted by Gasteiger charge is -2.08. The van der Waals surface area contributed by atoms with Gasteiger partial charge < -0.3 is 10.6 Å². The van der Waals surface area contributed by atoms with Gasteiger partial charge in [-0.3, -0.25) is 19.6 Å². The van der Waals surface area contributed by atoms with Gasteiger partial charge in [0, 0.05) is 43.0 Å². The van der Waals surface area contributed by atoms with Crippen molar-refractivity contribution in [2.75, 3.05) is 22.1 Å². The van der Waals surface area contributed by atoms with E-state index in [0.717, 1.165) is 39.5 Å². The van der Waals surface area contributed by atoms with Gasteiger partial charge in [-0.25, -0.2) is 8.42 Å². The number of sulfone groups is 1. The summed E-state index contributed by atoms with van der Waals surface area (Å²) in [6.45, 7) is 0. The van der Waals surface area contributed by atoms with Gasteiger partial charge in [-0.15, -0.1) is 20.4 Å². The van der Waals surface area contributed by atoms with E-state index in [-0.39, 0.29) is 49.0 Å². The van der Waals surface area contributed by atoms with Gasteiger partial charge in [-0.05, 0) is 36.1 Å². The molecule has 0 spiro atoms. The third kappa shape index (κ3) is 8.90. The molecule has 5 rings (SSSR count). The molecule has 2 amide bonds. The van der Waals surface area contributed by atoms with Gasteiger partial charge in [0.2, 0.25) is 22.1 Å². The minimum absolute atomic E-state index is 0.109. The Bertz CT molecular complexity index is 1600. The number of nitrogens with one attached hydrogen (secondary N) is 2. The van der Waals surface area contributed by atoms with Crippen LogP contribution < -0.4 is 10.6 Å². The van der Waals surface area contributed by atoms with Crippen LogP contribution in [0.3, 0.4) is 0 Å². The van der Waals surface area contributed by atoms with Crippen LogP contribution in [0.2, 0.25) is 0 Å². The van der Waals surface area contributed by atoms with E-state index in [2.05, 4.69) is 41.0 Å². The van der Waals surface area contributed by atoms with Gasteiger partial charge in [-0.2, -0.15) is 0 Å². The fourth-order valence-corrected chi connectivity index (χ4v) is 7.58.